The molecule has 0 atom stereocenters. The summed E-state index contributed by atoms with van der Waals surface area (Å²) in [5, 5.41) is 10.6. The Hall–Kier alpha value is -0.840. The Labute approximate surface area is 111 Å². The van der Waals surface area contributed by atoms with Gasteiger partial charge in [-0.15, -0.1) is 24.8 Å². The quantitative estimate of drug-likeness (QED) is 0.265. The van der Waals surface area contributed by atoms with Crippen LogP contribution >= 0.6 is 34.2 Å². The smallest absolute Gasteiger partial charge is 0.388 e. The Bertz CT molecular complexity index is 455. The maximum absolute atomic E-state index is 11.9. The van der Waals surface area contributed by atoms with E-state index in [0.29, 0.717) is 6.07 Å². The zero-order chi connectivity index (χ0) is 13.2. The van der Waals surface area contributed by atoms with Crippen molar-refractivity contribution in [2.24, 2.45) is 0 Å². The molecule has 0 spiro atoms. The number of nitrogens with zero attached hydrogens (tertiary/aromatic N) is 2. The van der Waals surface area contributed by atoms with Gasteiger partial charge < -0.3 is 4.74 Å². The third kappa shape index (κ3) is 3.84. The summed E-state index contributed by atoms with van der Waals surface area (Å²) in [6.07, 6.45) is -4.95. The topological polar surface area (TPSA) is 65.3 Å². The molecular formula is C7H3ClF3IN2O3. The van der Waals surface area contributed by atoms with Crippen molar-refractivity contribution in [3.05, 3.63) is 25.4 Å². The summed E-state index contributed by atoms with van der Waals surface area (Å²) in [7, 11) is 0. The number of rotatable bonds is 3. The van der Waals surface area contributed by atoms with Crippen molar-refractivity contribution in [2.75, 3.05) is 0 Å². The van der Waals surface area contributed by atoms with E-state index in [1.165, 1.54) is 0 Å². The summed E-state index contributed by atoms with van der Waals surface area (Å²) in [6.45, 7) is 0. The highest BCUT2D eigenvalue weighted by molar-refractivity contribution is 14.1. The summed E-state index contributed by atoms with van der Waals surface area (Å²) < 4.78 is 39.3. The van der Waals surface area contributed by atoms with Crippen LogP contribution in [0.2, 0.25) is 0 Å². The fourth-order valence-electron chi connectivity index (χ4n) is 0.964. The van der Waals surface area contributed by atoms with Crippen molar-refractivity contribution >= 4 is 39.9 Å². The van der Waals surface area contributed by atoms with E-state index in [-0.39, 0.29) is 15.1 Å². The molecule has 1 rings (SSSR count). The lowest BCUT2D eigenvalue weighted by atomic mass is 10.2. The van der Waals surface area contributed by atoms with Crippen LogP contribution in [0, 0.1) is 13.8 Å². The van der Waals surface area contributed by atoms with Gasteiger partial charge in [-0.25, -0.2) is 4.98 Å². The molecule has 0 amide bonds. The van der Waals surface area contributed by atoms with E-state index in [1.807, 2.05) is 0 Å². The molecule has 5 nitrogen and oxygen atoms in total. The van der Waals surface area contributed by atoms with Crippen molar-refractivity contribution in [1.29, 1.82) is 0 Å². The minimum atomic E-state index is -4.95. The largest absolute Gasteiger partial charge is 0.574 e. The first-order valence-corrected chi connectivity index (χ1v) is 5.51. The minimum Gasteiger partial charge on any atom is -0.388 e. The molecule has 0 aromatic carbocycles. The summed E-state index contributed by atoms with van der Waals surface area (Å²) in [5.74, 6) is -1.11. The van der Waals surface area contributed by atoms with E-state index in [2.05, 4.69) is 9.72 Å². The Morgan fingerprint density at radius 1 is 1.59 bits per heavy atom. The molecule has 94 valence electrons. The van der Waals surface area contributed by atoms with Gasteiger partial charge >= 0.3 is 6.36 Å². The number of pyridine rings is 1. The fourth-order valence-corrected chi connectivity index (χ4v) is 2.16. The van der Waals surface area contributed by atoms with Crippen LogP contribution in [0.1, 0.15) is 5.56 Å². The van der Waals surface area contributed by atoms with E-state index in [0.717, 1.165) is 0 Å². The van der Waals surface area contributed by atoms with Gasteiger partial charge in [0.25, 0.3) is 5.69 Å². The Balaban J connectivity index is 3.25. The summed E-state index contributed by atoms with van der Waals surface area (Å²) in [6, 6.07) is 0.591. The first-order valence-electron chi connectivity index (χ1n) is 3.90. The number of nitro groups is 1. The molecule has 0 aliphatic rings. The zero-order valence-corrected chi connectivity index (χ0v) is 10.7. The highest BCUT2D eigenvalue weighted by Crippen LogP contribution is 2.30. The molecule has 1 aromatic heterocycles. The SMILES string of the molecule is O=[N+]([O-])c1cc(OC(F)(F)F)nc(I)c1CCl. The lowest BCUT2D eigenvalue weighted by molar-refractivity contribution is -0.385. The third-order valence-electron chi connectivity index (χ3n) is 1.58. The van der Waals surface area contributed by atoms with Crippen molar-refractivity contribution in [3.63, 3.8) is 0 Å². The molecule has 0 bridgehead atoms. The molecule has 1 heterocycles. The fraction of sp³-hybridized carbons (Fsp3) is 0.286. The van der Waals surface area contributed by atoms with E-state index >= 15 is 0 Å². The minimum absolute atomic E-state index is 0.00829. The second-order valence-electron chi connectivity index (χ2n) is 2.69. The van der Waals surface area contributed by atoms with Crippen LogP contribution in [0.25, 0.3) is 0 Å². The summed E-state index contributed by atoms with van der Waals surface area (Å²) in [4.78, 5) is 13.2. The monoisotopic (exact) mass is 382 g/mol. The zero-order valence-electron chi connectivity index (χ0n) is 7.79. The van der Waals surface area contributed by atoms with Gasteiger partial charge in [-0.3, -0.25) is 10.1 Å². The summed E-state index contributed by atoms with van der Waals surface area (Å²) in [5.41, 5.74) is -0.509. The molecule has 0 aliphatic carbocycles. The molecule has 0 N–H and O–H groups in total. The molecule has 1 aromatic rings. The van der Waals surface area contributed by atoms with Crippen LogP contribution in [0.15, 0.2) is 6.07 Å². The van der Waals surface area contributed by atoms with Gasteiger partial charge in [0.15, 0.2) is 0 Å². The lowest BCUT2D eigenvalue weighted by Gasteiger charge is -2.09. The van der Waals surface area contributed by atoms with E-state index in [1.54, 1.807) is 22.6 Å². The lowest BCUT2D eigenvalue weighted by Crippen LogP contribution is -2.18. The predicted octanol–water partition coefficient (Wildman–Crippen LogP) is 3.23. The average Bonchev–Trinajstić information content (AvgIpc) is 2.13. The van der Waals surface area contributed by atoms with Crippen molar-refractivity contribution < 1.29 is 22.8 Å². The van der Waals surface area contributed by atoms with Gasteiger partial charge in [-0.1, -0.05) is 0 Å². The first-order chi connectivity index (χ1) is 7.74. The van der Waals surface area contributed by atoms with Crippen molar-refractivity contribution in [1.82, 2.24) is 4.98 Å². The highest BCUT2D eigenvalue weighted by atomic mass is 127. The standard InChI is InChI=1S/C7H3ClF3IN2O3/c8-2-3-4(14(15)16)1-5(13-6(3)12)17-7(9,10)11/h1H,2H2. The van der Waals surface area contributed by atoms with Gasteiger partial charge in [0, 0.05) is 0 Å². The Morgan fingerprint density at radius 2 is 2.18 bits per heavy atom. The van der Waals surface area contributed by atoms with E-state index < -0.39 is 22.9 Å². The maximum atomic E-state index is 11.9. The maximum Gasteiger partial charge on any atom is 0.574 e. The Kier molecular flexibility index (Phi) is 4.36. The molecule has 0 fully saturated rings. The van der Waals surface area contributed by atoms with Gasteiger partial charge in [-0.05, 0) is 22.6 Å². The average molecular weight is 382 g/mol. The normalized spacial score (nSPS) is 11.4. The van der Waals surface area contributed by atoms with Crippen LogP contribution in [-0.4, -0.2) is 16.3 Å². The molecule has 0 radical (unpaired) electrons. The molecule has 0 unspecified atom stereocenters. The van der Waals surface area contributed by atoms with Crippen LogP contribution in [0.3, 0.4) is 0 Å². The van der Waals surface area contributed by atoms with E-state index in [9.17, 15) is 23.3 Å². The molecular weight excluding hydrogens is 379 g/mol. The number of ether oxygens (including phenoxy) is 1. The van der Waals surface area contributed by atoms with Crippen molar-refractivity contribution in [2.45, 2.75) is 12.2 Å². The first kappa shape index (κ1) is 14.2. The summed E-state index contributed by atoms with van der Waals surface area (Å²) >= 11 is 7.00. The third-order valence-corrected chi connectivity index (χ3v) is 2.74. The number of hydrogen-bond acceptors (Lipinski definition) is 4. The molecule has 0 saturated heterocycles. The van der Waals surface area contributed by atoms with Crippen LogP contribution in [-0.2, 0) is 5.88 Å². The van der Waals surface area contributed by atoms with Gasteiger partial charge in [0.1, 0.15) is 3.70 Å². The molecule has 0 aliphatic heterocycles. The second kappa shape index (κ2) is 5.21. The van der Waals surface area contributed by atoms with Crippen LogP contribution in [0.5, 0.6) is 5.88 Å². The van der Waals surface area contributed by atoms with E-state index in [4.69, 9.17) is 11.6 Å². The van der Waals surface area contributed by atoms with Gasteiger partial charge in [0.2, 0.25) is 5.88 Å². The number of alkyl halides is 4. The number of hydrogen-bond donors (Lipinski definition) is 0. The van der Waals surface area contributed by atoms with Crippen LogP contribution in [0.4, 0.5) is 18.9 Å². The van der Waals surface area contributed by atoms with Crippen LogP contribution < -0.4 is 4.74 Å². The van der Waals surface area contributed by atoms with Crippen molar-refractivity contribution in [3.8, 4) is 5.88 Å². The number of aromatic nitrogens is 1. The second-order valence-corrected chi connectivity index (χ2v) is 3.98. The van der Waals surface area contributed by atoms with Gasteiger partial charge in [-0.2, -0.15) is 0 Å². The molecule has 0 saturated carbocycles. The predicted molar refractivity (Wildman–Crippen MR) is 59.8 cm³/mol. The molecule has 10 heteroatoms. The molecule has 17 heavy (non-hydrogen) atoms. The van der Waals surface area contributed by atoms with Gasteiger partial charge in [0.05, 0.1) is 22.4 Å². The number of halogens is 5. The Morgan fingerprint density at radius 3 is 2.59 bits per heavy atom. The highest BCUT2D eigenvalue weighted by Gasteiger charge is 2.33.